The number of carbonyl (C=O) groups excluding carboxylic acids is 1. The molecule has 0 amide bonds. The normalized spacial score (nSPS) is 13.2. The first-order valence-corrected chi connectivity index (χ1v) is 23.3. The van der Waals surface area contributed by atoms with Crippen LogP contribution in [0, 0.1) is 17.9 Å². The Bertz CT molecular complexity index is 2910. The first-order valence-electron chi connectivity index (χ1n) is 23.3. The Kier molecular flexibility index (Phi) is 15.7. The molecule has 0 spiro atoms. The average Bonchev–Trinajstić information content (AvgIpc) is 3.33. The zero-order chi connectivity index (χ0) is 47.6. The van der Waals surface area contributed by atoms with Crippen LogP contribution in [0.3, 0.4) is 0 Å². The summed E-state index contributed by atoms with van der Waals surface area (Å²) in [6.07, 6.45) is 1.28. The van der Waals surface area contributed by atoms with E-state index in [1.54, 1.807) is 6.07 Å². The molecule has 0 unspecified atom stereocenters. The minimum Gasteiger partial charge on any atom is -0.512 e. The van der Waals surface area contributed by atoms with Gasteiger partial charge in [0.25, 0.3) is 0 Å². The number of hydrogen-bond donors (Lipinski definition) is 1. The van der Waals surface area contributed by atoms with Crippen molar-refractivity contribution in [2.45, 2.75) is 105 Å². The smallest absolute Gasteiger partial charge is 0.418 e. The Morgan fingerprint density at radius 3 is 1.70 bits per heavy atom. The van der Waals surface area contributed by atoms with Gasteiger partial charge < -0.3 is 5.11 Å². The fourth-order valence-corrected chi connectivity index (χ4v) is 9.63. The van der Waals surface area contributed by atoms with E-state index < -0.39 is 11.7 Å². The first kappa shape index (κ1) is 50.8. The number of hydrogen-bond acceptors (Lipinski definition) is 3. The van der Waals surface area contributed by atoms with Crippen LogP contribution in [0.1, 0.15) is 110 Å². The zero-order valence-corrected chi connectivity index (χ0v) is 42.4. The molecule has 0 bridgehead atoms. The molecule has 1 N–H and O–H groups in total. The molecule has 67 heavy (non-hydrogen) atoms. The number of nitrogens with zero attached hydrogens (tertiary/aromatic N) is 1. The minimum absolute atomic E-state index is 0. The summed E-state index contributed by atoms with van der Waals surface area (Å²) >= 11 is 0. The van der Waals surface area contributed by atoms with E-state index in [0.717, 1.165) is 87.2 Å². The predicted octanol–water partition coefficient (Wildman–Crippen LogP) is 17.2. The second-order valence-electron chi connectivity index (χ2n) is 19.0. The Labute approximate surface area is 409 Å². The fraction of sp³-hybridized carbons (Fsp3) is 0.300. The first-order chi connectivity index (χ1) is 31.4. The summed E-state index contributed by atoms with van der Waals surface area (Å²) in [7, 11) is 0. The van der Waals surface area contributed by atoms with Gasteiger partial charge in [0, 0.05) is 55.3 Å². The molecule has 7 aromatic rings. The third-order valence-electron chi connectivity index (χ3n) is 13.5. The maximum atomic E-state index is 14.8. The monoisotopic (exact) mass is 1080 g/mol. The number of aromatic nitrogens is 1. The van der Waals surface area contributed by atoms with Gasteiger partial charge in [0.1, 0.15) is 0 Å². The molecule has 7 heteroatoms. The predicted molar refractivity (Wildman–Crippen MR) is 267 cm³/mol. The summed E-state index contributed by atoms with van der Waals surface area (Å²) in [5.74, 6) is 0.547. The van der Waals surface area contributed by atoms with Crippen LogP contribution in [0.15, 0.2) is 145 Å². The molecule has 1 heterocycles. The van der Waals surface area contributed by atoms with Gasteiger partial charge in [0.05, 0.1) is 11.3 Å². The average molecular weight is 1080 g/mol. The van der Waals surface area contributed by atoms with Crippen LogP contribution in [-0.2, 0) is 41.9 Å². The van der Waals surface area contributed by atoms with E-state index in [9.17, 15) is 23.1 Å². The Morgan fingerprint density at radius 2 is 1.15 bits per heavy atom. The van der Waals surface area contributed by atoms with Crippen LogP contribution < -0.4 is 0 Å². The van der Waals surface area contributed by atoms with Crippen LogP contribution in [0.2, 0.25) is 0 Å². The van der Waals surface area contributed by atoms with E-state index in [0.29, 0.717) is 16.8 Å². The molecule has 6 aromatic carbocycles. The van der Waals surface area contributed by atoms with Gasteiger partial charge in [-0.2, -0.15) is 13.2 Å². The van der Waals surface area contributed by atoms with Crippen LogP contribution in [0.25, 0.3) is 66.5 Å². The number of alkyl halides is 3. The SMILES string of the molecule is CC(C)(C)c1cc(-c2cc(-c3ccc4c(c3)-c3ccccc3-c3ccccc3C(C)(C)c3ccccc3-4)c(C(F)(F)F)cn2)[c-]c2ccccc12.CCC(CC)C(=O)/C=C(\O)C(CC)CC.[Ir]. The third-order valence-corrected chi connectivity index (χ3v) is 13.5. The minimum atomic E-state index is -4.61. The number of ketones is 1. The van der Waals surface area contributed by atoms with Crippen molar-refractivity contribution in [2.75, 3.05) is 0 Å². The fourth-order valence-electron chi connectivity index (χ4n) is 9.63. The van der Waals surface area contributed by atoms with Gasteiger partial charge in [0.15, 0.2) is 5.78 Å². The van der Waals surface area contributed by atoms with Crippen LogP contribution in [-0.4, -0.2) is 15.9 Å². The number of carbonyl (C=O) groups is 1. The molecule has 1 radical (unpaired) electrons. The molecule has 3 nitrogen and oxygen atoms in total. The third kappa shape index (κ3) is 10.4. The maximum Gasteiger partial charge on any atom is 0.418 e. The number of pyridine rings is 1. The molecule has 349 valence electrons. The molecule has 0 aliphatic heterocycles. The zero-order valence-electron chi connectivity index (χ0n) is 40.0. The van der Waals surface area contributed by atoms with Gasteiger partial charge in [-0.1, -0.05) is 182 Å². The van der Waals surface area contributed by atoms with Gasteiger partial charge in [-0.25, -0.2) is 0 Å². The van der Waals surface area contributed by atoms with Crippen molar-refractivity contribution in [3.05, 3.63) is 174 Å². The van der Waals surface area contributed by atoms with E-state index >= 15 is 0 Å². The van der Waals surface area contributed by atoms with E-state index in [4.69, 9.17) is 0 Å². The van der Waals surface area contributed by atoms with Crippen molar-refractivity contribution in [2.24, 2.45) is 11.8 Å². The Balaban J connectivity index is 0.000000401. The summed E-state index contributed by atoms with van der Waals surface area (Å²) in [4.78, 5) is 16.1. The van der Waals surface area contributed by atoms with Crippen LogP contribution in [0.4, 0.5) is 13.2 Å². The van der Waals surface area contributed by atoms with E-state index in [1.807, 2.05) is 88.4 Å². The standard InChI is InChI=1S/C47H37F3N.C13H24O2.Ir/c1-45(2,3)42-26-31(24-29-14-6-7-15-32(29)42)44-27-38(43(28-51-44)47(48,49)50)30-22-23-35-37-19-11-13-21-41(37)46(4,5)40-20-12-10-18-36(40)33-16-8-9-17-34(33)39(35)25-30;1-5-10(6-2)12(14)9-13(15)11(7-3)8-4;/h6-23,25-28H,1-5H3;9-11,14H,5-8H2,1-4H3;/q-1;;/b;12-9-;. The molecule has 1 aliphatic carbocycles. The number of halogens is 3. The maximum absolute atomic E-state index is 14.8. The number of aliphatic hydroxyl groups is 1. The Morgan fingerprint density at radius 1 is 0.642 bits per heavy atom. The molecule has 0 saturated heterocycles. The molecule has 1 aliphatic rings. The van der Waals surface area contributed by atoms with Gasteiger partial charge in [-0.15, -0.1) is 29.1 Å². The van der Waals surface area contributed by atoms with Gasteiger partial charge in [-0.05, 0) is 92.8 Å². The molecule has 0 fully saturated rings. The molecular formula is C60H61F3IrNO2-. The number of allylic oxidation sites excluding steroid dienone is 2. The van der Waals surface area contributed by atoms with Crippen molar-refractivity contribution < 1.29 is 43.2 Å². The van der Waals surface area contributed by atoms with Crippen molar-refractivity contribution in [1.29, 1.82) is 0 Å². The van der Waals surface area contributed by atoms with Crippen LogP contribution >= 0.6 is 0 Å². The topological polar surface area (TPSA) is 50.2 Å². The number of rotatable bonds is 9. The van der Waals surface area contributed by atoms with E-state index in [2.05, 4.69) is 106 Å². The summed E-state index contributed by atoms with van der Waals surface area (Å²) in [5.41, 5.74) is 9.79. The van der Waals surface area contributed by atoms with Crippen molar-refractivity contribution >= 4 is 16.6 Å². The van der Waals surface area contributed by atoms with Crippen molar-refractivity contribution in [1.82, 2.24) is 4.98 Å². The Hall–Kier alpha value is -5.62. The van der Waals surface area contributed by atoms with Crippen molar-refractivity contribution in [3.63, 3.8) is 0 Å². The summed E-state index contributed by atoms with van der Waals surface area (Å²) in [6.45, 7) is 19.0. The molecule has 1 aromatic heterocycles. The summed E-state index contributed by atoms with van der Waals surface area (Å²) in [6, 6.07) is 45.9. The van der Waals surface area contributed by atoms with Gasteiger partial charge in [0.2, 0.25) is 0 Å². The number of fused-ring (bicyclic) bond motifs is 8. The summed E-state index contributed by atoms with van der Waals surface area (Å²) in [5, 5.41) is 11.7. The van der Waals surface area contributed by atoms with Crippen molar-refractivity contribution in [3.8, 4) is 55.8 Å². The van der Waals surface area contributed by atoms with Crippen LogP contribution in [0.5, 0.6) is 0 Å². The van der Waals surface area contributed by atoms with E-state index in [1.165, 1.54) is 11.6 Å². The molecule has 0 atom stereocenters. The van der Waals surface area contributed by atoms with E-state index in [-0.39, 0.29) is 59.9 Å². The van der Waals surface area contributed by atoms with Gasteiger partial charge >= 0.3 is 6.18 Å². The molecule has 8 rings (SSSR count). The molecular weight excluding hydrogens is 1020 g/mol. The second-order valence-corrected chi connectivity index (χ2v) is 19.0. The molecule has 0 saturated carbocycles. The largest absolute Gasteiger partial charge is 0.512 e. The van der Waals surface area contributed by atoms with Gasteiger partial charge in [-0.3, -0.25) is 9.78 Å². The quantitative estimate of drug-likeness (QED) is 0.0890. The second kappa shape index (κ2) is 20.7. The summed E-state index contributed by atoms with van der Waals surface area (Å²) < 4.78 is 44.5. The number of benzene rings is 6. The number of aliphatic hydroxyl groups excluding tert-OH is 1.